The van der Waals surface area contributed by atoms with E-state index in [4.69, 9.17) is 10.2 Å². The predicted molar refractivity (Wildman–Crippen MR) is 301 cm³/mol. The van der Waals surface area contributed by atoms with Crippen molar-refractivity contribution in [1.82, 2.24) is 9.55 Å². The number of hydrogen-bond acceptors (Lipinski definition) is 4. The molecule has 0 bridgehead atoms. The molecule has 73 heavy (non-hydrogen) atoms. The molecule has 368 valence electrons. The summed E-state index contributed by atoms with van der Waals surface area (Å²) in [5, 5.41) is 1.65. The van der Waals surface area contributed by atoms with E-state index in [0.717, 1.165) is 55.8 Å². The van der Waals surface area contributed by atoms with Gasteiger partial charge in [0.15, 0.2) is 0 Å². The van der Waals surface area contributed by atoms with Gasteiger partial charge in [0.25, 0.3) is 0 Å². The van der Waals surface area contributed by atoms with Gasteiger partial charge in [-0.25, -0.2) is 4.98 Å². The van der Waals surface area contributed by atoms with Crippen LogP contribution in [0.3, 0.4) is 0 Å². The number of hydrogen-bond donors (Lipinski definition) is 0. The molecule has 0 radical (unpaired) electrons. The molecular weight excluding hydrogens is 1070 g/mol. The van der Waals surface area contributed by atoms with Crippen LogP contribution >= 0.6 is 0 Å². The average molecular weight is 1140 g/mol. The van der Waals surface area contributed by atoms with Crippen LogP contribution in [0.4, 0.5) is 22.7 Å². The zero-order valence-electron chi connectivity index (χ0n) is 47.8. The van der Waals surface area contributed by atoms with Crippen LogP contribution in [0.5, 0.6) is 11.5 Å². The minimum Gasteiger partial charge on any atom is -0.509 e. The molecule has 1 aliphatic rings. The Morgan fingerprint density at radius 1 is 0.534 bits per heavy atom. The number of aromatic nitrogens is 2. The number of fused-ring (bicyclic) bond motifs is 4. The van der Waals surface area contributed by atoms with Gasteiger partial charge in [-0.3, -0.25) is 0 Å². The fourth-order valence-corrected chi connectivity index (χ4v) is 9.71. The van der Waals surface area contributed by atoms with Crippen molar-refractivity contribution in [3.8, 4) is 50.7 Å². The molecule has 0 fully saturated rings. The molecule has 6 heteroatoms. The largest absolute Gasteiger partial charge is 0.509 e. The molecule has 10 aromatic rings. The molecule has 11 rings (SSSR count). The molecule has 0 atom stereocenters. The summed E-state index contributed by atoms with van der Waals surface area (Å²) < 4.78 is 52.9. The van der Waals surface area contributed by atoms with Crippen molar-refractivity contribution in [1.29, 1.82) is 0 Å². The molecule has 3 heterocycles. The molecule has 0 unspecified atom stereocenters. The van der Waals surface area contributed by atoms with Crippen LogP contribution in [0.1, 0.15) is 91.4 Å². The number of benzene rings is 8. The van der Waals surface area contributed by atoms with Crippen molar-refractivity contribution >= 4 is 44.6 Å². The van der Waals surface area contributed by atoms with Gasteiger partial charge >= 0.3 is 0 Å². The third-order valence-corrected chi connectivity index (χ3v) is 13.7. The first kappa shape index (κ1) is 43.4. The predicted octanol–water partition coefficient (Wildman–Crippen LogP) is 18.2. The van der Waals surface area contributed by atoms with Crippen LogP contribution in [-0.4, -0.2) is 9.55 Å². The Balaban J connectivity index is 0.00000688. The molecule has 5 nitrogen and oxygen atoms in total. The van der Waals surface area contributed by atoms with Gasteiger partial charge < -0.3 is 19.1 Å². The van der Waals surface area contributed by atoms with Crippen molar-refractivity contribution in [3.05, 3.63) is 223 Å². The first-order chi connectivity index (χ1) is 36.5. The number of nitrogens with zero attached hydrogens (tertiary/aromatic N) is 4. The van der Waals surface area contributed by atoms with Crippen molar-refractivity contribution in [2.24, 2.45) is 0 Å². The summed E-state index contributed by atoms with van der Waals surface area (Å²) >= 11 is 0. The molecule has 8 aromatic carbocycles. The molecule has 0 N–H and O–H groups in total. The number of pyridine rings is 1. The van der Waals surface area contributed by atoms with Crippen LogP contribution < -0.4 is 14.5 Å². The minimum atomic E-state index is -2.71. The summed E-state index contributed by atoms with van der Waals surface area (Å²) in [5.41, 5.74) is 13.4. The molecular formula is C67H61N4OPt-3. The summed E-state index contributed by atoms with van der Waals surface area (Å²) in [6, 6.07) is 64.1. The minimum absolute atomic E-state index is 0. The Morgan fingerprint density at radius 3 is 1.74 bits per heavy atom. The smallest absolute Gasteiger partial charge is 0.135 e. The number of para-hydroxylation sites is 3. The zero-order chi connectivity index (χ0) is 54.3. The second-order valence-electron chi connectivity index (χ2n) is 21.9. The first-order valence-corrected chi connectivity index (χ1v) is 24.7. The summed E-state index contributed by atoms with van der Waals surface area (Å²) in [6.45, 7) is 20.0. The van der Waals surface area contributed by atoms with Crippen molar-refractivity contribution < 1.29 is 32.7 Å². The van der Waals surface area contributed by atoms with Gasteiger partial charge in [-0.05, 0) is 104 Å². The molecule has 0 amide bonds. The second kappa shape index (κ2) is 19.0. The van der Waals surface area contributed by atoms with E-state index >= 15 is 0 Å². The van der Waals surface area contributed by atoms with Crippen LogP contribution in [0.15, 0.2) is 182 Å². The van der Waals surface area contributed by atoms with Gasteiger partial charge in [-0.1, -0.05) is 177 Å². The Bertz CT molecular complexity index is 3870. The average Bonchev–Trinajstić information content (AvgIpc) is 4.16. The van der Waals surface area contributed by atoms with E-state index in [1.54, 1.807) is 28.8 Å². The van der Waals surface area contributed by atoms with E-state index in [9.17, 15) is 1.37 Å². The van der Waals surface area contributed by atoms with Crippen molar-refractivity contribution in [2.75, 3.05) is 9.80 Å². The van der Waals surface area contributed by atoms with E-state index in [1.165, 1.54) is 16.7 Å². The third-order valence-electron chi connectivity index (χ3n) is 13.7. The second-order valence-corrected chi connectivity index (χ2v) is 21.9. The normalized spacial score (nSPS) is 14.0. The number of rotatable bonds is 8. The molecule has 0 saturated carbocycles. The van der Waals surface area contributed by atoms with Crippen LogP contribution in [0.25, 0.3) is 61.0 Å². The Labute approximate surface area is 453 Å². The zero-order valence-corrected chi connectivity index (χ0v) is 45.0. The standard InChI is InChI=1S/C67H61N4O.Pt/c1-44-34-63(68-42-58(44)46-24-15-12-16-25-46)71-59-29-18-17-28-54(59)55-33-32-53(41-62(55)71)72-52-27-21-26-51(40-52)69-43-70(61-31-20-19-30-60(61)69)64-56(45-22-13-11-14-23-45)38-50(67(8,9)10)39-57(64)47-35-48(65(2,3)4)37-49(36-47)66(5,6)7;/h11-39,42-43H,1-10H3;/q-3;/i1D3,34D,42D;. The maximum Gasteiger partial charge on any atom is 0.135 e. The van der Waals surface area contributed by atoms with Gasteiger partial charge in [0.2, 0.25) is 0 Å². The maximum atomic E-state index is 9.49. The van der Waals surface area contributed by atoms with E-state index in [0.29, 0.717) is 28.1 Å². The maximum absolute atomic E-state index is 9.49. The summed E-state index contributed by atoms with van der Waals surface area (Å²) in [6.07, 6.45) is -0.240. The first-order valence-electron chi connectivity index (χ1n) is 27.2. The molecule has 1 aliphatic heterocycles. The van der Waals surface area contributed by atoms with Gasteiger partial charge in [-0.2, -0.15) is 12.1 Å². The SMILES string of the molecule is [2H]c1nc(-n2c3[c-]c(Oc4[c-]c(N5[CH-]N(c6c(-c7ccccc7)cc(C(C)(C)C)cc6-c6cc(C(C)(C)C)cc(C(C)(C)C)c6)c6ccccc65)ccc4)ccc3c3ccccc32)c([2H])c(C([2H])([2H])[2H])c1-c1ccccc1.[Pt]. The summed E-state index contributed by atoms with van der Waals surface area (Å²) in [4.78, 5) is 9.18. The van der Waals surface area contributed by atoms with Gasteiger partial charge in [0, 0.05) is 82.1 Å². The fourth-order valence-electron chi connectivity index (χ4n) is 9.71. The van der Waals surface area contributed by atoms with Crippen molar-refractivity contribution in [3.63, 3.8) is 0 Å². The summed E-state index contributed by atoms with van der Waals surface area (Å²) in [5.74, 6) is 0.841. The van der Waals surface area contributed by atoms with E-state index in [2.05, 4.69) is 181 Å². The van der Waals surface area contributed by atoms with E-state index < -0.39 is 6.85 Å². The van der Waals surface area contributed by atoms with Crippen molar-refractivity contribution in [2.45, 2.75) is 85.4 Å². The topological polar surface area (TPSA) is 33.5 Å². The fraction of sp³-hybridized carbons (Fsp3) is 0.194. The Hall–Kier alpha value is -7.20. The van der Waals surface area contributed by atoms with Gasteiger partial charge in [0.1, 0.15) is 5.82 Å². The number of ether oxygens (including phenoxy) is 1. The van der Waals surface area contributed by atoms with Crippen LogP contribution in [-0.2, 0) is 37.3 Å². The van der Waals surface area contributed by atoms with Gasteiger partial charge in [0.05, 0.1) is 2.74 Å². The molecule has 2 aromatic heterocycles. The molecule has 0 spiro atoms. The number of anilines is 4. The van der Waals surface area contributed by atoms with E-state index in [-0.39, 0.29) is 66.5 Å². The van der Waals surface area contributed by atoms with Crippen LogP contribution in [0, 0.1) is 25.7 Å². The van der Waals surface area contributed by atoms with Crippen LogP contribution in [0.2, 0.25) is 0 Å². The van der Waals surface area contributed by atoms with E-state index in [1.807, 2.05) is 60.7 Å². The summed E-state index contributed by atoms with van der Waals surface area (Å²) in [7, 11) is 0. The Kier molecular flexibility index (Phi) is 11.3. The molecule has 0 aliphatic carbocycles. The Morgan fingerprint density at radius 2 is 1.10 bits per heavy atom. The third kappa shape index (κ3) is 9.41. The van der Waals surface area contributed by atoms with Gasteiger partial charge in [-0.15, -0.1) is 48.1 Å². The molecule has 0 saturated heterocycles. The monoisotopic (exact) mass is 1140 g/mol. The quantitative estimate of drug-likeness (QED) is 0.142.